The predicted octanol–water partition coefficient (Wildman–Crippen LogP) is 1.44. The normalized spacial score (nSPS) is 23.6. The number of carbonyl (C=O) groups excluding carboxylic acids is 2. The fourth-order valence-electron chi connectivity index (χ4n) is 3.31. The summed E-state index contributed by atoms with van der Waals surface area (Å²) >= 11 is 0. The Kier molecular flexibility index (Phi) is 4.87. The highest BCUT2D eigenvalue weighted by atomic mass is 19.1. The van der Waals surface area contributed by atoms with Gasteiger partial charge in [0.2, 0.25) is 5.91 Å². The molecule has 0 aliphatic carbocycles. The Labute approximate surface area is 144 Å². The van der Waals surface area contributed by atoms with Crippen LogP contribution >= 0.6 is 0 Å². The Hall–Kier alpha value is -2.64. The Bertz CT molecular complexity index is 696. The number of nitrogens with zero attached hydrogens (tertiary/aromatic N) is 2. The van der Waals surface area contributed by atoms with Crippen LogP contribution < -0.4 is 10.2 Å². The number of likely N-dealkylation sites (tertiary alicyclic amines) is 1. The third-order valence-electron chi connectivity index (χ3n) is 4.70. The largest absolute Gasteiger partial charge is 0.481 e. The first kappa shape index (κ1) is 17.2. The number of piperidine rings is 1. The number of carbonyl (C=O) groups is 3. The van der Waals surface area contributed by atoms with Crippen molar-refractivity contribution in [1.82, 2.24) is 10.2 Å². The number of nitrogens with one attached hydrogen (secondary N) is 1. The van der Waals surface area contributed by atoms with E-state index in [1.54, 1.807) is 12.1 Å². The van der Waals surface area contributed by atoms with Crippen LogP contribution in [0.1, 0.15) is 19.3 Å². The molecule has 25 heavy (non-hydrogen) atoms. The fraction of sp³-hybridized carbons (Fsp3) is 0.471. The van der Waals surface area contributed by atoms with Crippen LogP contribution in [-0.2, 0) is 9.59 Å². The lowest BCUT2D eigenvalue weighted by atomic mass is 10.0. The first-order valence-electron chi connectivity index (χ1n) is 8.31. The molecule has 0 radical (unpaired) electrons. The van der Waals surface area contributed by atoms with Crippen molar-refractivity contribution >= 4 is 23.6 Å². The minimum Gasteiger partial charge on any atom is -0.481 e. The van der Waals surface area contributed by atoms with Crippen LogP contribution in [0, 0.1) is 11.7 Å². The number of hydrogen-bond acceptors (Lipinski definition) is 3. The van der Waals surface area contributed by atoms with E-state index >= 15 is 0 Å². The molecule has 2 saturated heterocycles. The van der Waals surface area contributed by atoms with Crippen molar-refractivity contribution in [2.24, 2.45) is 5.92 Å². The number of hydrogen-bond donors (Lipinski definition) is 2. The van der Waals surface area contributed by atoms with Gasteiger partial charge in [0.1, 0.15) is 11.9 Å². The standard InChI is InChI=1S/C17H20FN3O4/c18-12-4-1-2-6-14(12)21-8-3-5-13(15(21)22)19-17(25)20-9-7-11(10-20)16(23)24/h1-2,4,6,11,13H,3,5,7-10H2,(H,19,25)(H,23,24). The molecule has 3 amide bonds. The molecule has 0 bridgehead atoms. The number of anilines is 1. The molecule has 0 spiro atoms. The molecule has 2 N–H and O–H groups in total. The van der Waals surface area contributed by atoms with E-state index in [1.807, 2.05) is 0 Å². The second kappa shape index (κ2) is 7.08. The Morgan fingerprint density at radius 2 is 1.96 bits per heavy atom. The van der Waals surface area contributed by atoms with E-state index in [2.05, 4.69) is 5.32 Å². The van der Waals surface area contributed by atoms with Crippen LogP contribution in [0.25, 0.3) is 0 Å². The molecule has 2 aliphatic rings. The molecule has 8 heteroatoms. The van der Waals surface area contributed by atoms with Crippen LogP contribution in [0.2, 0.25) is 0 Å². The van der Waals surface area contributed by atoms with Crippen LogP contribution in [0.15, 0.2) is 24.3 Å². The summed E-state index contributed by atoms with van der Waals surface area (Å²) in [6.45, 7) is 0.886. The smallest absolute Gasteiger partial charge is 0.318 e. The zero-order valence-corrected chi connectivity index (χ0v) is 13.7. The average molecular weight is 349 g/mol. The van der Waals surface area contributed by atoms with E-state index in [0.717, 1.165) is 0 Å². The summed E-state index contributed by atoms with van der Waals surface area (Å²) in [4.78, 5) is 38.7. The maximum Gasteiger partial charge on any atom is 0.318 e. The van der Waals surface area contributed by atoms with Crippen molar-refractivity contribution in [3.05, 3.63) is 30.1 Å². The third kappa shape index (κ3) is 3.57. The third-order valence-corrected chi connectivity index (χ3v) is 4.70. The van der Waals surface area contributed by atoms with Crippen LogP contribution in [0.4, 0.5) is 14.9 Å². The second-order valence-corrected chi connectivity index (χ2v) is 6.36. The first-order chi connectivity index (χ1) is 12.0. The molecule has 2 fully saturated rings. The lowest BCUT2D eigenvalue weighted by Crippen LogP contribution is -2.55. The molecule has 2 aliphatic heterocycles. The summed E-state index contributed by atoms with van der Waals surface area (Å²) in [6.07, 6.45) is 1.53. The number of carboxylic acids is 1. The average Bonchev–Trinajstić information content (AvgIpc) is 3.08. The SMILES string of the molecule is O=C(O)C1CCN(C(=O)NC2CCCN(c3ccccc3F)C2=O)C1. The number of amides is 3. The van der Waals surface area contributed by atoms with Crippen molar-refractivity contribution in [3.8, 4) is 0 Å². The predicted molar refractivity (Wildman–Crippen MR) is 87.6 cm³/mol. The number of carboxylic acid groups (broad SMARTS) is 1. The first-order valence-corrected chi connectivity index (χ1v) is 8.31. The molecule has 2 atom stereocenters. The maximum atomic E-state index is 14.0. The second-order valence-electron chi connectivity index (χ2n) is 6.36. The van der Waals surface area contributed by atoms with Gasteiger partial charge in [-0.1, -0.05) is 12.1 Å². The van der Waals surface area contributed by atoms with Gasteiger partial charge in [0.05, 0.1) is 11.6 Å². The van der Waals surface area contributed by atoms with Gasteiger partial charge in [0.25, 0.3) is 0 Å². The topological polar surface area (TPSA) is 89.9 Å². The minimum absolute atomic E-state index is 0.138. The zero-order valence-electron chi connectivity index (χ0n) is 13.7. The molecule has 134 valence electrons. The van der Waals surface area contributed by atoms with Gasteiger partial charge in [-0.05, 0) is 31.4 Å². The van der Waals surface area contributed by atoms with Gasteiger partial charge < -0.3 is 20.2 Å². The molecule has 0 aromatic heterocycles. The molecule has 3 rings (SSSR count). The van der Waals surface area contributed by atoms with Gasteiger partial charge in [-0.2, -0.15) is 0 Å². The van der Waals surface area contributed by atoms with Crippen LogP contribution in [0.3, 0.4) is 0 Å². The van der Waals surface area contributed by atoms with Crippen molar-refractivity contribution in [1.29, 1.82) is 0 Å². The Balaban J connectivity index is 1.65. The maximum absolute atomic E-state index is 14.0. The molecule has 7 nitrogen and oxygen atoms in total. The highest BCUT2D eigenvalue weighted by molar-refractivity contribution is 5.99. The van der Waals surface area contributed by atoms with E-state index in [0.29, 0.717) is 32.4 Å². The number of rotatable bonds is 3. The van der Waals surface area contributed by atoms with Crippen LogP contribution in [-0.4, -0.2) is 53.6 Å². The molecular weight excluding hydrogens is 329 g/mol. The van der Waals surface area contributed by atoms with Crippen molar-refractivity contribution in [3.63, 3.8) is 0 Å². The van der Waals surface area contributed by atoms with Gasteiger partial charge in [0, 0.05) is 19.6 Å². The molecule has 2 unspecified atom stereocenters. The summed E-state index contributed by atoms with van der Waals surface area (Å²) in [5, 5.41) is 11.7. The molecule has 1 aromatic carbocycles. The number of benzene rings is 1. The summed E-state index contributed by atoms with van der Waals surface area (Å²) in [5.74, 6) is -2.32. The fourth-order valence-corrected chi connectivity index (χ4v) is 3.31. The molecular formula is C17H20FN3O4. The lowest BCUT2D eigenvalue weighted by Gasteiger charge is -2.33. The Morgan fingerprint density at radius 3 is 2.64 bits per heavy atom. The zero-order chi connectivity index (χ0) is 18.0. The Morgan fingerprint density at radius 1 is 1.20 bits per heavy atom. The van der Waals surface area contributed by atoms with E-state index in [1.165, 1.54) is 21.9 Å². The van der Waals surface area contributed by atoms with Crippen molar-refractivity contribution in [2.75, 3.05) is 24.5 Å². The summed E-state index contributed by atoms with van der Waals surface area (Å²) in [6, 6.07) is 4.86. The highest BCUT2D eigenvalue weighted by Crippen LogP contribution is 2.24. The van der Waals surface area contributed by atoms with Gasteiger partial charge in [-0.15, -0.1) is 0 Å². The summed E-state index contributed by atoms with van der Waals surface area (Å²) in [7, 11) is 0. The number of urea groups is 1. The molecule has 0 saturated carbocycles. The number of halogens is 1. The quantitative estimate of drug-likeness (QED) is 0.864. The number of aliphatic carboxylic acids is 1. The van der Waals surface area contributed by atoms with E-state index < -0.39 is 29.8 Å². The number of para-hydroxylation sites is 1. The van der Waals surface area contributed by atoms with E-state index in [4.69, 9.17) is 5.11 Å². The lowest BCUT2D eigenvalue weighted by molar-refractivity contribution is -0.141. The van der Waals surface area contributed by atoms with Crippen molar-refractivity contribution < 1.29 is 23.9 Å². The van der Waals surface area contributed by atoms with Gasteiger partial charge in [-0.3, -0.25) is 9.59 Å². The van der Waals surface area contributed by atoms with Gasteiger partial charge in [0.15, 0.2) is 0 Å². The summed E-state index contributed by atoms with van der Waals surface area (Å²) < 4.78 is 14.0. The van der Waals surface area contributed by atoms with E-state index in [9.17, 15) is 18.8 Å². The molecule has 2 heterocycles. The van der Waals surface area contributed by atoms with Gasteiger partial charge >= 0.3 is 12.0 Å². The minimum atomic E-state index is -0.922. The highest BCUT2D eigenvalue weighted by Gasteiger charge is 2.35. The van der Waals surface area contributed by atoms with Crippen LogP contribution in [0.5, 0.6) is 0 Å². The molecule has 1 aromatic rings. The van der Waals surface area contributed by atoms with Gasteiger partial charge in [-0.25, -0.2) is 9.18 Å². The summed E-state index contributed by atoms with van der Waals surface area (Å²) in [5.41, 5.74) is 0.207. The van der Waals surface area contributed by atoms with Crippen molar-refractivity contribution in [2.45, 2.75) is 25.3 Å². The monoisotopic (exact) mass is 349 g/mol. The van der Waals surface area contributed by atoms with E-state index in [-0.39, 0.29) is 18.1 Å².